The monoisotopic (exact) mass is 449 g/mol. The number of benzene rings is 1. The number of nitrogens with one attached hydrogen (secondary N) is 2. The summed E-state index contributed by atoms with van der Waals surface area (Å²) in [6.07, 6.45) is 0.855. The molecule has 1 heterocycles. The number of ether oxygens (including phenoxy) is 3. The Morgan fingerprint density at radius 3 is 2.42 bits per heavy atom. The van der Waals surface area contributed by atoms with Gasteiger partial charge in [-0.2, -0.15) is 0 Å². The number of pyridine rings is 1. The summed E-state index contributed by atoms with van der Waals surface area (Å²) in [4.78, 5) is 17.2. The van der Waals surface area contributed by atoms with Gasteiger partial charge in [0.05, 0.1) is 19.4 Å². The van der Waals surface area contributed by atoms with Gasteiger partial charge in [0.25, 0.3) is 0 Å². The second kappa shape index (κ2) is 11.9. The van der Waals surface area contributed by atoms with Gasteiger partial charge in [0.1, 0.15) is 11.3 Å². The standard InChI is InChI=1S/C23H32ClN3O4/c1-7-18(13-25-8-9-29-5)27-19-12-16(4)26-22(20(19)23(28)30-6)31-21-14(2)10-17(24)11-15(21)3/h10-12,18,25H,7-9,13H2,1-6H3,(H,26,27). The van der Waals surface area contributed by atoms with Crippen LogP contribution >= 0.6 is 11.6 Å². The zero-order valence-corrected chi connectivity index (χ0v) is 19.9. The quantitative estimate of drug-likeness (QED) is 0.381. The van der Waals surface area contributed by atoms with Crippen molar-refractivity contribution in [3.63, 3.8) is 0 Å². The Hall–Kier alpha value is -2.35. The molecule has 2 rings (SSSR count). The first-order valence-corrected chi connectivity index (χ1v) is 10.7. The third kappa shape index (κ3) is 6.82. The van der Waals surface area contributed by atoms with Crippen LogP contribution in [0.4, 0.5) is 5.69 Å². The molecule has 0 saturated heterocycles. The predicted octanol–water partition coefficient (Wildman–Crippen LogP) is 4.67. The summed E-state index contributed by atoms with van der Waals surface area (Å²) in [7, 11) is 3.02. The smallest absolute Gasteiger partial charge is 0.345 e. The molecule has 0 saturated carbocycles. The van der Waals surface area contributed by atoms with E-state index in [1.54, 1.807) is 7.11 Å². The van der Waals surface area contributed by atoms with Gasteiger partial charge in [-0.1, -0.05) is 18.5 Å². The maximum absolute atomic E-state index is 12.7. The van der Waals surface area contributed by atoms with Crippen LogP contribution in [0.1, 0.15) is 40.5 Å². The van der Waals surface area contributed by atoms with Gasteiger partial charge >= 0.3 is 5.97 Å². The third-order valence-corrected chi connectivity index (χ3v) is 5.07. The molecular formula is C23H32ClN3O4. The van der Waals surface area contributed by atoms with Crippen molar-refractivity contribution < 1.29 is 19.0 Å². The Morgan fingerprint density at radius 1 is 1.16 bits per heavy atom. The lowest BCUT2D eigenvalue weighted by atomic mass is 10.1. The molecule has 1 atom stereocenters. The number of rotatable bonds is 11. The minimum atomic E-state index is -0.517. The van der Waals surface area contributed by atoms with E-state index in [0.29, 0.717) is 29.6 Å². The number of halogens is 1. The van der Waals surface area contributed by atoms with E-state index >= 15 is 0 Å². The van der Waals surface area contributed by atoms with Crippen molar-refractivity contribution >= 4 is 23.3 Å². The minimum Gasteiger partial charge on any atom is -0.465 e. The number of nitrogens with zero attached hydrogens (tertiary/aromatic N) is 1. The molecule has 2 N–H and O–H groups in total. The maximum Gasteiger partial charge on any atom is 0.345 e. The summed E-state index contributed by atoms with van der Waals surface area (Å²) >= 11 is 6.15. The van der Waals surface area contributed by atoms with E-state index < -0.39 is 5.97 Å². The number of hydrogen-bond acceptors (Lipinski definition) is 7. The van der Waals surface area contributed by atoms with E-state index in [2.05, 4.69) is 22.5 Å². The summed E-state index contributed by atoms with van der Waals surface area (Å²) in [5.41, 5.74) is 3.31. The summed E-state index contributed by atoms with van der Waals surface area (Å²) in [5, 5.41) is 7.42. The molecule has 0 spiro atoms. The van der Waals surface area contributed by atoms with Gasteiger partial charge in [0.15, 0.2) is 0 Å². The zero-order valence-electron chi connectivity index (χ0n) is 19.1. The van der Waals surface area contributed by atoms with Crippen molar-refractivity contribution in [3.05, 3.63) is 45.6 Å². The van der Waals surface area contributed by atoms with E-state index in [-0.39, 0.29) is 17.5 Å². The number of esters is 1. The Morgan fingerprint density at radius 2 is 1.84 bits per heavy atom. The number of carbonyl (C=O) groups excluding carboxylic acids is 1. The van der Waals surface area contributed by atoms with Crippen molar-refractivity contribution in [2.45, 2.75) is 40.2 Å². The number of carbonyl (C=O) groups is 1. The molecule has 7 nitrogen and oxygen atoms in total. The van der Waals surface area contributed by atoms with Gasteiger partial charge in [-0.25, -0.2) is 9.78 Å². The van der Waals surface area contributed by atoms with Crippen LogP contribution in [0.5, 0.6) is 11.6 Å². The van der Waals surface area contributed by atoms with Gasteiger partial charge < -0.3 is 24.8 Å². The fourth-order valence-corrected chi connectivity index (χ4v) is 3.58. The normalized spacial score (nSPS) is 11.8. The Balaban J connectivity index is 2.41. The summed E-state index contributed by atoms with van der Waals surface area (Å²) in [6, 6.07) is 5.55. The Kier molecular flexibility index (Phi) is 9.55. The molecule has 0 amide bonds. The Bertz CT molecular complexity index is 882. The van der Waals surface area contributed by atoms with Gasteiger partial charge in [-0.3, -0.25) is 0 Å². The Labute approximate surface area is 189 Å². The van der Waals surface area contributed by atoms with Gasteiger partial charge in [0, 0.05) is 37.0 Å². The summed E-state index contributed by atoms with van der Waals surface area (Å²) in [6.45, 7) is 9.85. The van der Waals surface area contributed by atoms with Crippen LogP contribution in [0.3, 0.4) is 0 Å². The first-order chi connectivity index (χ1) is 14.8. The van der Waals surface area contributed by atoms with E-state index in [1.807, 2.05) is 39.0 Å². The van der Waals surface area contributed by atoms with Crippen molar-refractivity contribution in [1.29, 1.82) is 0 Å². The van der Waals surface area contributed by atoms with Crippen molar-refractivity contribution in [1.82, 2.24) is 10.3 Å². The fraction of sp³-hybridized carbons (Fsp3) is 0.478. The van der Waals surface area contributed by atoms with Crippen molar-refractivity contribution in [2.75, 3.05) is 39.2 Å². The van der Waals surface area contributed by atoms with Gasteiger partial charge in [-0.05, 0) is 56.5 Å². The highest BCUT2D eigenvalue weighted by molar-refractivity contribution is 6.30. The van der Waals surface area contributed by atoms with E-state index in [1.165, 1.54) is 7.11 Å². The molecule has 1 unspecified atom stereocenters. The summed E-state index contributed by atoms with van der Waals surface area (Å²) in [5.74, 6) is 0.299. The second-order valence-electron chi connectivity index (χ2n) is 7.40. The van der Waals surface area contributed by atoms with Crippen LogP contribution in [0.25, 0.3) is 0 Å². The molecule has 0 bridgehead atoms. The van der Waals surface area contributed by atoms with Crippen molar-refractivity contribution in [3.8, 4) is 11.6 Å². The highest BCUT2D eigenvalue weighted by Crippen LogP contribution is 2.35. The molecule has 170 valence electrons. The molecule has 8 heteroatoms. The number of aryl methyl sites for hydroxylation is 3. The molecule has 0 aliphatic carbocycles. The topological polar surface area (TPSA) is 81.7 Å². The molecule has 1 aromatic carbocycles. The SMILES string of the molecule is CCC(CNCCOC)Nc1cc(C)nc(Oc2c(C)cc(Cl)cc2C)c1C(=O)OC. The second-order valence-corrected chi connectivity index (χ2v) is 7.84. The molecule has 2 aromatic rings. The van der Waals surface area contributed by atoms with Crippen LogP contribution in [0, 0.1) is 20.8 Å². The minimum absolute atomic E-state index is 0.0916. The largest absolute Gasteiger partial charge is 0.465 e. The molecule has 31 heavy (non-hydrogen) atoms. The highest BCUT2D eigenvalue weighted by atomic mass is 35.5. The van der Waals surface area contributed by atoms with E-state index in [9.17, 15) is 4.79 Å². The van der Waals surface area contributed by atoms with Gasteiger partial charge in [-0.15, -0.1) is 0 Å². The van der Waals surface area contributed by atoms with E-state index in [0.717, 1.165) is 29.8 Å². The van der Waals surface area contributed by atoms with Crippen LogP contribution in [0.2, 0.25) is 5.02 Å². The first-order valence-electron chi connectivity index (χ1n) is 10.3. The lowest BCUT2D eigenvalue weighted by Crippen LogP contribution is -2.34. The molecule has 0 aliphatic rings. The lowest BCUT2D eigenvalue weighted by Gasteiger charge is -2.22. The average molecular weight is 450 g/mol. The number of methoxy groups -OCH3 is 2. The molecule has 0 aliphatic heterocycles. The average Bonchev–Trinajstić information content (AvgIpc) is 2.72. The maximum atomic E-state index is 12.7. The predicted molar refractivity (Wildman–Crippen MR) is 124 cm³/mol. The van der Waals surface area contributed by atoms with Gasteiger partial charge in [0.2, 0.25) is 5.88 Å². The highest BCUT2D eigenvalue weighted by Gasteiger charge is 2.24. The summed E-state index contributed by atoms with van der Waals surface area (Å²) < 4.78 is 16.3. The van der Waals surface area contributed by atoms with Crippen LogP contribution in [-0.4, -0.2) is 50.9 Å². The van der Waals surface area contributed by atoms with Crippen LogP contribution < -0.4 is 15.4 Å². The zero-order chi connectivity index (χ0) is 23.0. The lowest BCUT2D eigenvalue weighted by molar-refractivity contribution is 0.0598. The molecule has 1 aromatic heterocycles. The van der Waals surface area contributed by atoms with Crippen molar-refractivity contribution in [2.24, 2.45) is 0 Å². The number of hydrogen-bond donors (Lipinski definition) is 2. The molecular weight excluding hydrogens is 418 g/mol. The number of anilines is 1. The van der Waals surface area contributed by atoms with E-state index in [4.69, 9.17) is 25.8 Å². The van der Waals surface area contributed by atoms with Crippen LogP contribution in [0.15, 0.2) is 18.2 Å². The molecule has 0 radical (unpaired) electrons. The first kappa shape index (κ1) is 24.9. The third-order valence-electron chi connectivity index (χ3n) is 4.85. The number of aromatic nitrogens is 1. The van der Waals surface area contributed by atoms with Crippen LogP contribution in [-0.2, 0) is 9.47 Å². The fourth-order valence-electron chi connectivity index (χ4n) is 3.25. The molecule has 0 fully saturated rings.